The summed E-state index contributed by atoms with van der Waals surface area (Å²) < 4.78 is 0. The maximum atomic E-state index is 11.7. The lowest BCUT2D eigenvalue weighted by molar-refractivity contribution is -0.142. The number of likely N-dealkylation sites (N-methyl/N-ethyl adjacent to an activating group) is 1. The Hall–Kier alpha value is -1.30. The molecule has 6 nitrogen and oxygen atoms in total. The lowest BCUT2D eigenvalue weighted by atomic mass is 9.86. The van der Waals surface area contributed by atoms with Gasteiger partial charge in [-0.05, 0) is 45.6 Å². The quantitative estimate of drug-likeness (QED) is 0.680. The highest BCUT2D eigenvalue weighted by Gasteiger charge is 2.27. The van der Waals surface area contributed by atoms with Crippen LogP contribution in [-0.4, -0.2) is 54.2 Å². The zero-order valence-electron chi connectivity index (χ0n) is 12.1. The van der Waals surface area contributed by atoms with E-state index in [1.165, 1.54) is 12.8 Å². The highest BCUT2D eigenvalue weighted by atomic mass is 16.4. The summed E-state index contributed by atoms with van der Waals surface area (Å²) in [5, 5.41) is 14.7. The van der Waals surface area contributed by atoms with Crippen molar-refractivity contribution in [1.82, 2.24) is 15.5 Å². The third kappa shape index (κ3) is 4.67. The van der Waals surface area contributed by atoms with Gasteiger partial charge in [-0.15, -0.1) is 0 Å². The first-order valence-corrected chi connectivity index (χ1v) is 7.53. The molecule has 0 unspecified atom stereocenters. The van der Waals surface area contributed by atoms with Gasteiger partial charge < -0.3 is 20.6 Å². The van der Waals surface area contributed by atoms with E-state index in [0.717, 1.165) is 19.4 Å². The number of nitrogens with zero attached hydrogens (tertiary/aromatic N) is 1. The molecule has 0 aromatic carbocycles. The fourth-order valence-electron chi connectivity index (χ4n) is 2.76. The van der Waals surface area contributed by atoms with Crippen LogP contribution in [0, 0.1) is 5.92 Å². The molecule has 2 aliphatic rings. The van der Waals surface area contributed by atoms with Crippen LogP contribution in [-0.2, 0) is 4.79 Å². The first-order valence-electron chi connectivity index (χ1n) is 7.53. The van der Waals surface area contributed by atoms with Gasteiger partial charge in [0.2, 0.25) is 0 Å². The van der Waals surface area contributed by atoms with Gasteiger partial charge in [0.25, 0.3) is 0 Å². The normalized spacial score (nSPS) is 26.3. The third-order valence-corrected chi connectivity index (χ3v) is 4.33. The van der Waals surface area contributed by atoms with Crippen LogP contribution >= 0.6 is 0 Å². The Morgan fingerprint density at radius 1 is 1.15 bits per heavy atom. The van der Waals surface area contributed by atoms with Crippen molar-refractivity contribution in [3.05, 3.63) is 0 Å². The fraction of sp³-hybridized carbons (Fsp3) is 0.857. The molecule has 6 heteroatoms. The van der Waals surface area contributed by atoms with Gasteiger partial charge in [-0.2, -0.15) is 0 Å². The van der Waals surface area contributed by atoms with Crippen molar-refractivity contribution >= 4 is 12.0 Å². The number of urea groups is 1. The maximum Gasteiger partial charge on any atom is 0.315 e. The molecule has 2 amide bonds. The largest absolute Gasteiger partial charge is 0.481 e. The summed E-state index contributed by atoms with van der Waals surface area (Å²) in [6, 6.07) is 0.700. The summed E-state index contributed by atoms with van der Waals surface area (Å²) in [6.45, 7) is 1.53. The molecular formula is C14H25N3O3. The van der Waals surface area contributed by atoms with Crippen molar-refractivity contribution in [3.63, 3.8) is 0 Å². The predicted molar refractivity (Wildman–Crippen MR) is 75.6 cm³/mol. The smallest absolute Gasteiger partial charge is 0.315 e. The van der Waals surface area contributed by atoms with Crippen LogP contribution in [0.2, 0.25) is 0 Å². The first-order chi connectivity index (χ1) is 9.56. The molecule has 3 N–H and O–H groups in total. The van der Waals surface area contributed by atoms with E-state index in [0.29, 0.717) is 25.4 Å². The van der Waals surface area contributed by atoms with Crippen LogP contribution in [0.5, 0.6) is 0 Å². The molecule has 0 atom stereocenters. The molecule has 0 saturated heterocycles. The number of aliphatic carboxylic acids is 1. The van der Waals surface area contributed by atoms with Gasteiger partial charge in [0.1, 0.15) is 0 Å². The second kappa shape index (κ2) is 6.92. The average molecular weight is 283 g/mol. The van der Waals surface area contributed by atoms with E-state index in [4.69, 9.17) is 5.11 Å². The lowest BCUT2D eigenvalue weighted by Gasteiger charge is -2.27. The zero-order chi connectivity index (χ0) is 14.5. The first kappa shape index (κ1) is 15.1. The number of rotatable bonds is 6. The molecular weight excluding hydrogens is 258 g/mol. The molecule has 114 valence electrons. The number of nitrogens with one attached hydrogen (secondary N) is 2. The summed E-state index contributed by atoms with van der Waals surface area (Å²) >= 11 is 0. The SMILES string of the molecule is CN(CCNC(=O)NC1CCC(C(=O)O)CC1)C1CC1. The summed E-state index contributed by atoms with van der Waals surface area (Å²) in [5.74, 6) is -0.945. The Morgan fingerprint density at radius 2 is 1.80 bits per heavy atom. The number of amides is 2. The number of carboxylic acid groups (broad SMARTS) is 1. The lowest BCUT2D eigenvalue weighted by Crippen LogP contribution is -2.45. The molecule has 0 bridgehead atoms. The van der Waals surface area contributed by atoms with Crippen molar-refractivity contribution in [2.75, 3.05) is 20.1 Å². The molecule has 0 radical (unpaired) electrons. The van der Waals surface area contributed by atoms with Gasteiger partial charge in [-0.25, -0.2) is 4.79 Å². The molecule has 0 aromatic rings. The van der Waals surface area contributed by atoms with E-state index < -0.39 is 5.97 Å². The van der Waals surface area contributed by atoms with E-state index in [2.05, 4.69) is 22.6 Å². The number of hydrogen-bond acceptors (Lipinski definition) is 3. The zero-order valence-corrected chi connectivity index (χ0v) is 12.1. The van der Waals surface area contributed by atoms with Crippen LogP contribution < -0.4 is 10.6 Å². The molecule has 2 aliphatic carbocycles. The molecule has 2 saturated carbocycles. The van der Waals surface area contributed by atoms with Gasteiger partial charge >= 0.3 is 12.0 Å². The van der Waals surface area contributed by atoms with E-state index in [-0.39, 0.29) is 18.0 Å². The highest BCUT2D eigenvalue weighted by Crippen LogP contribution is 2.25. The standard InChI is InChI=1S/C14H25N3O3/c1-17(12-6-7-12)9-8-15-14(20)16-11-4-2-10(3-5-11)13(18)19/h10-12H,2-9H2,1H3,(H,18,19)(H2,15,16,20). The third-order valence-electron chi connectivity index (χ3n) is 4.33. The molecule has 2 rings (SSSR count). The Balaban J connectivity index is 1.56. The van der Waals surface area contributed by atoms with Gasteiger partial charge in [-0.1, -0.05) is 0 Å². The Bertz CT molecular complexity index is 350. The van der Waals surface area contributed by atoms with E-state index in [1.54, 1.807) is 0 Å². The van der Waals surface area contributed by atoms with Crippen LogP contribution in [0.25, 0.3) is 0 Å². The fourth-order valence-corrected chi connectivity index (χ4v) is 2.76. The Kier molecular flexibility index (Phi) is 5.23. The number of hydrogen-bond donors (Lipinski definition) is 3. The molecule has 0 aliphatic heterocycles. The Morgan fingerprint density at radius 3 is 2.35 bits per heavy atom. The summed E-state index contributed by atoms with van der Waals surface area (Å²) in [4.78, 5) is 24.9. The number of carbonyl (C=O) groups is 2. The van der Waals surface area contributed by atoms with Crippen molar-refractivity contribution in [2.24, 2.45) is 5.92 Å². The number of carbonyl (C=O) groups excluding carboxylic acids is 1. The summed E-state index contributed by atoms with van der Waals surface area (Å²) in [6.07, 6.45) is 5.37. The molecule has 2 fully saturated rings. The van der Waals surface area contributed by atoms with Gasteiger partial charge in [0.05, 0.1) is 5.92 Å². The van der Waals surface area contributed by atoms with Crippen LogP contribution in [0.15, 0.2) is 0 Å². The minimum absolute atomic E-state index is 0.117. The second-order valence-electron chi connectivity index (χ2n) is 6.00. The molecule has 0 aromatic heterocycles. The molecule has 0 spiro atoms. The minimum atomic E-state index is -0.712. The number of carboxylic acids is 1. The van der Waals surface area contributed by atoms with Gasteiger partial charge in [0, 0.05) is 25.2 Å². The maximum absolute atomic E-state index is 11.7. The second-order valence-corrected chi connectivity index (χ2v) is 6.00. The van der Waals surface area contributed by atoms with Crippen LogP contribution in [0.1, 0.15) is 38.5 Å². The van der Waals surface area contributed by atoms with E-state index in [1.807, 2.05) is 0 Å². The minimum Gasteiger partial charge on any atom is -0.481 e. The summed E-state index contributed by atoms with van der Waals surface area (Å²) in [7, 11) is 2.09. The van der Waals surface area contributed by atoms with Crippen molar-refractivity contribution in [1.29, 1.82) is 0 Å². The summed E-state index contributed by atoms with van der Waals surface area (Å²) in [5.41, 5.74) is 0. The van der Waals surface area contributed by atoms with Gasteiger partial charge in [0.15, 0.2) is 0 Å². The topological polar surface area (TPSA) is 81.7 Å². The highest BCUT2D eigenvalue weighted by molar-refractivity contribution is 5.74. The molecule has 0 heterocycles. The van der Waals surface area contributed by atoms with Crippen molar-refractivity contribution < 1.29 is 14.7 Å². The van der Waals surface area contributed by atoms with Crippen molar-refractivity contribution in [3.8, 4) is 0 Å². The van der Waals surface area contributed by atoms with Crippen molar-refractivity contribution in [2.45, 2.75) is 50.6 Å². The monoisotopic (exact) mass is 283 g/mol. The predicted octanol–water partition coefficient (Wildman–Crippen LogP) is 1.02. The Labute approximate surface area is 119 Å². The van der Waals surface area contributed by atoms with E-state index >= 15 is 0 Å². The average Bonchev–Trinajstić information content (AvgIpc) is 3.23. The van der Waals surface area contributed by atoms with Crippen LogP contribution in [0.4, 0.5) is 4.79 Å². The van der Waals surface area contributed by atoms with Crippen LogP contribution in [0.3, 0.4) is 0 Å². The molecule has 20 heavy (non-hydrogen) atoms. The van der Waals surface area contributed by atoms with E-state index in [9.17, 15) is 9.59 Å². The van der Waals surface area contributed by atoms with Gasteiger partial charge in [-0.3, -0.25) is 4.79 Å².